The van der Waals surface area contributed by atoms with Crippen LogP contribution in [0.15, 0.2) is 65.7 Å². The van der Waals surface area contributed by atoms with Gasteiger partial charge in [-0.15, -0.1) is 0 Å². The molecule has 9 heteroatoms. The monoisotopic (exact) mass is 487 g/mol. The summed E-state index contributed by atoms with van der Waals surface area (Å²) in [6, 6.07) is 13.7. The number of fused-ring (bicyclic) bond motifs is 1. The molecule has 0 aliphatic carbocycles. The lowest BCUT2D eigenvalue weighted by molar-refractivity contribution is -0.122. The van der Waals surface area contributed by atoms with E-state index in [9.17, 15) is 18.4 Å². The van der Waals surface area contributed by atoms with Gasteiger partial charge in [0.15, 0.2) is 0 Å². The molecule has 2 amide bonds. The second-order valence-corrected chi connectivity index (χ2v) is 8.26. The molecule has 0 bridgehead atoms. The minimum Gasteiger partial charge on any atom is -0.322 e. The lowest BCUT2D eigenvalue weighted by Crippen LogP contribution is -2.42. The van der Waals surface area contributed by atoms with Crippen LogP contribution in [-0.2, 0) is 9.59 Å². The number of anilines is 2. The lowest BCUT2D eigenvalue weighted by atomic mass is 9.99. The normalized spacial score (nSPS) is 15.5. The molecular weight excluding hydrogens is 471 g/mol. The van der Waals surface area contributed by atoms with Crippen molar-refractivity contribution in [2.75, 3.05) is 16.8 Å². The first-order chi connectivity index (χ1) is 15.7. The fraction of sp³-hybridized carbons (Fsp3) is 0.125. The Kier molecular flexibility index (Phi) is 6.44. The van der Waals surface area contributed by atoms with Gasteiger partial charge in [0.1, 0.15) is 24.2 Å². The molecule has 168 valence electrons. The first kappa shape index (κ1) is 22.9. The Labute approximate surface area is 198 Å². The summed E-state index contributed by atoms with van der Waals surface area (Å²) < 4.78 is 28.7. The molecule has 1 heterocycles. The molecule has 1 atom stereocenters. The molecule has 4 rings (SSSR count). The maximum absolute atomic E-state index is 14.6. The number of nitrogens with zero attached hydrogens (tertiary/aromatic N) is 2. The van der Waals surface area contributed by atoms with E-state index in [2.05, 4.69) is 10.3 Å². The van der Waals surface area contributed by atoms with E-state index in [0.717, 1.165) is 6.07 Å². The summed E-state index contributed by atoms with van der Waals surface area (Å²) in [5, 5.41) is 2.98. The summed E-state index contributed by atoms with van der Waals surface area (Å²) in [6.07, 6.45) is 0. The van der Waals surface area contributed by atoms with Gasteiger partial charge in [0, 0.05) is 21.2 Å². The maximum atomic E-state index is 14.6. The van der Waals surface area contributed by atoms with Crippen LogP contribution in [0.5, 0.6) is 0 Å². The van der Waals surface area contributed by atoms with Crippen molar-refractivity contribution in [1.29, 1.82) is 0 Å². The van der Waals surface area contributed by atoms with Crippen molar-refractivity contribution in [3.63, 3.8) is 0 Å². The van der Waals surface area contributed by atoms with Crippen molar-refractivity contribution in [1.82, 2.24) is 0 Å². The van der Waals surface area contributed by atoms with E-state index in [4.69, 9.17) is 23.2 Å². The predicted molar refractivity (Wildman–Crippen MR) is 125 cm³/mol. The first-order valence-electron chi connectivity index (χ1n) is 9.93. The lowest BCUT2D eigenvalue weighted by Gasteiger charge is -2.24. The molecule has 1 unspecified atom stereocenters. The number of hydrogen-bond donors (Lipinski definition) is 1. The second-order valence-electron chi connectivity index (χ2n) is 7.39. The Balaban J connectivity index is 1.73. The number of benzene rings is 3. The topological polar surface area (TPSA) is 61.8 Å². The SMILES string of the molecule is CC1N=C(c2ccccc2F)c2cc(Cl)ccc2N(CC(=O)Nc2ccc(Cl)cc2F)C1=O. The van der Waals surface area contributed by atoms with E-state index >= 15 is 0 Å². The Morgan fingerprint density at radius 1 is 1.00 bits per heavy atom. The molecule has 0 radical (unpaired) electrons. The van der Waals surface area contributed by atoms with Crippen LogP contribution in [0.4, 0.5) is 20.2 Å². The quantitative estimate of drug-likeness (QED) is 0.529. The van der Waals surface area contributed by atoms with Crippen LogP contribution < -0.4 is 10.2 Å². The molecule has 0 saturated carbocycles. The van der Waals surface area contributed by atoms with Gasteiger partial charge in [0.05, 0.1) is 17.1 Å². The minimum atomic E-state index is -0.911. The van der Waals surface area contributed by atoms with Crippen molar-refractivity contribution in [3.8, 4) is 0 Å². The molecule has 0 aromatic heterocycles. The average molecular weight is 488 g/mol. The van der Waals surface area contributed by atoms with Crippen molar-refractivity contribution < 1.29 is 18.4 Å². The van der Waals surface area contributed by atoms with Crippen molar-refractivity contribution in [3.05, 3.63) is 93.5 Å². The van der Waals surface area contributed by atoms with Crippen LogP contribution in [0.2, 0.25) is 10.0 Å². The van der Waals surface area contributed by atoms with E-state index < -0.39 is 36.0 Å². The smallest absolute Gasteiger partial charge is 0.252 e. The number of aliphatic imine (C=N–C) groups is 1. The zero-order chi connectivity index (χ0) is 23.7. The van der Waals surface area contributed by atoms with Gasteiger partial charge in [-0.3, -0.25) is 14.6 Å². The van der Waals surface area contributed by atoms with E-state index in [1.807, 2.05) is 0 Å². The molecule has 1 aliphatic rings. The van der Waals surface area contributed by atoms with E-state index in [1.165, 1.54) is 23.1 Å². The van der Waals surface area contributed by atoms with Gasteiger partial charge in [-0.05, 0) is 55.5 Å². The summed E-state index contributed by atoms with van der Waals surface area (Å²) in [5.74, 6) is -2.32. The molecule has 1 N–H and O–H groups in total. The van der Waals surface area contributed by atoms with Crippen LogP contribution in [0.1, 0.15) is 18.1 Å². The predicted octanol–water partition coefficient (Wildman–Crippen LogP) is 5.48. The minimum absolute atomic E-state index is 0.0701. The molecule has 3 aromatic rings. The number of hydrogen-bond acceptors (Lipinski definition) is 3. The highest BCUT2D eigenvalue weighted by Gasteiger charge is 2.32. The summed E-state index contributed by atoms with van der Waals surface area (Å²) >= 11 is 12.0. The molecule has 5 nitrogen and oxygen atoms in total. The van der Waals surface area contributed by atoms with Crippen LogP contribution >= 0.6 is 23.2 Å². The zero-order valence-electron chi connectivity index (χ0n) is 17.3. The number of rotatable bonds is 4. The number of nitrogens with one attached hydrogen (secondary N) is 1. The highest BCUT2D eigenvalue weighted by Crippen LogP contribution is 2.31. The Morgan fingerprint density at radius 3 is 2.42 bits per heavy atom. The summed E-state index contributed by atoms with van der Waals surface area (Å²) in [5.41, 5.74) is 1.12. The van der Waals surface area contributed by atoms with Gasteiger partial charge < -0.3 is 10.2 Å². The maximum Gasteiger partial charge on any atom is 0.252 e. The van der Waals surface area contributed by atoms with Crippen molar-refractivity contribution in [2.24, 2.45) is 4.99 Å². The summed E-state index contributed by atoms with van der Waals surface area (Å²) in [6.45, 7) is 1.14. The van der Waals surface area contributed by atoms with Gasteiger partial charge in [-0.25, -0.2) is 8.78 Å². The van der Waals surface area contributed by atoms with Crippen LogP contribution in [0, 0.1) is 11.6 Å². The van der Waals surface area contributed by atoms with Crippen molar-refractivity contribution in [2.45, 2.75) is 13.0 Å². The van der Waals surface area contributed by atoms with Gasteiger partial charge in [-0.2, -0.15) is 0 Å². The molecular formula is C24H17Cl2F2N3O2. The Morgan fingerprint density at radius 2 is 1.70 bits per heavy atom. The first-order valence-corrected chi connectivity index (χ1v) is 10.7. The third kappa shape index (κ3) is 4.74. The van der Waals surface area contributed by atoms with Gasteiger partial charge >= 0.3 is 0 Å². The van der Waals surface area contributed by atoms with Gasteiger partial charge in [-0.1, -0.05) is 35.3 Å². The molecule has 3 aromatic carbocycles. The number of carbonyl (C=O) groups excluding carboxylic acids is 2. The fourth-order valence-electron chi connectivity index (χ4n) is 3.55. The standard InChI is InChI=1S/C24H17Cl2F2N3O2/c1-13-24(33)31(12-22(32)30-20-8-6-15(26)11-19(20)28)21-9-7-14(25)10-17(21)23(29-13)16-4-2-3-5-18(16)27/h2-11,13H,12H2,1H3,(H,30,32). The molecule has 33 heavy (non-hydrogen) atoms. The van der Waals surface area contributed by atoms with E-state index in [-0.39, 0.29) is 22.0 Å². The Bertz CT molecular complexity index is 1300. The zero-order valence-corrected chi connectivity index (χ0v) is 18.8. The van der Waals surface area contributed by atoms with E-state index in [1.54, 1.807) is 43.3 Å². The number of benzodiazepines with no additional fused rings is 1. The fourth-order valence-corrected chi connectivity index (χ4v) is 3.88. The largest absolute Gasteiger partial charge is 0.322 e. The second kappa shape index (κ2) is 9.29. The van der Waals surface area contributed by atoms with Gasteiger partial charge in [0.2, 0.25) is 5.91 Å². The van der Waals surface area contributed by atoms with Crippen LogP contribution in [-0.4, -0.2) is 30.1 Å². The van der Waals surface area contributed by atoms with Crippen molar-refractivity contribution >= 4 is 52.1 Å². The summed E-state index contributed by atoms with van der Waals surface area (Å²) in [7, 11) is 0. The highest BCUT2D eigenvalue weighted by atomic mass is 35.5. The molecule has 0 fully saturated rings. The average Bonchev–Trinajstić information content (AvgIpc) is 2.86. The summed E-state index contributed by atoms with van der Waals surface area (Å²) in [4.78, 5) is 31.6. The highest BCUT2D eigenvalue weighted by molar-refractivity contribution is 6.32. The Hall–Kier alpha value is -3.29. The number of amides is 2. The molecule has 1 aliphatic heterocycles. The van der Waals surface area contributed by atoms with E-state index in [0.29, 0.717) is 16.3 Å². The third-order valence-electron chi connectivity index (χ3n) is 5.09. The van der Waals surface area contributed by atoms with Crippen LogP contribution in [0.25, 0.3) is 0 Å². The number of carbonyl (C=O) groups is 2. The number of halogens is 4. The third-order valence-corrected chi connectivity index (χ3v) is 5.56. The molecule has 0 saturated heterocycles. The van der Waals surface area contributed by atoms with Crippen LogP contribution in [0.3, 0.4) is 0 Å². The van der Waals surface area contributed by atoms with Gasteiger partial charge in [0.25, 0.3) is 5.91 Å². The molecule has 0 spiro atoms.